The van der Waals surface area contributed by atoms with Crippen molar-refractivity contribution in [1.29, 1.82) is 0 Å². The highest BCUT2D eigenvalue weighted by molar-refractivity contribution is 7.13. The van der Waals surface area contributed by atoms with Crippen molar-refractivity contribution in [3.8, 4) is 0 Å². The van der Waals surface area contributed by atoms with Crippen LogP contribution in [0.5, 0.6) is 0 Å². The van der Waals surface area contributed by atoms with Gasteiger partial charge < -0.3 is 21.3 Å². The Bertz CT molecular complexity index is 1080. The lowest BCUT2D eigenvalue weighted by atomic mass is 9.80. The summed E-state index contributed by atoms with van der Waals surface area (Å²) in [5.74, 6) is -2.07. The third-order valence-corrected chi connectivity index (χ3v) is 7.35. The number of ketones is 1. The highest BCUT2D eigenvalue weighted by Crippen LogP contribution is 2.27. The van der Waals surface area contributed by atoms with Gasteiger partial charge in [-0.25, -0.2) is 9.97 Å². The van der Waals surface area contributed by atoms with Gasteiger partial charge in [0.05, 0.1) is 16.8 Å². The van der Waals surface area contributed by atoms with Gasteiger partial charge in [0, 0.05) is 42.5 Å². The maximum Gasteiger partial charge on any atom is 0.314 e. The van der Waals surface area contributed by atoms with E-state index >= 15 is 0 Å². The highest BCUT2D eigenvalue weighted by Gasteiger charge is 2.36. The second-order valence-corrected chi connectivity index (χ2v) is 9.93. The van der Waals surface area contributed by atoms with Crippen molar-refractivity contribution in [2.75, 3.05) is 11.9 Å². The van der Waals surface area contributed by atoms with E-state index in [1.165, 1.54) is 30.5 Å². The van der Waals surface area contributed by atoms with Gasteiger partial charge in [0.2, 0.25) is 0 Å². The van der Waals surface area contributed by atoms with Gasteiger partial charge in [-0.1, -0.05) is 11.6 Å². The molecule has 0 unspecified atom stereocenters. The van der Waals surface area contributed by atoms with Gasteiger partial charge in [0.15, 0.2) is 5.01 Å². The smallest absolute Gasteiger partial charge is 0.314 e. The summed E-state index contributed by atoms with van der Waals surface area (Å²) in [5, 5.41) is 12.1. The van der Waals surface area contributed by atoms with Gasteiger partial charge in [-0.2, -0.15) is 0 Å². The van der Waals surface area contributed by atoms with Gasteiger partial charge in [0.25, 0.3) is 5.91 Å². The maximum atomic E-state index is 13.0. The molecule has 0 spiro atoms. The molecule has 4 N–H and O–H groups in total. The van der Waals surface area contributed by atoms with Gasteiger partial charge in [0.1, 0.15) is 11.6 Å². The number of nitrogens with one attached hydrogen (secondary N) is 4. The average Bonchev–Trinajstić information content (AvgIpc) is 3.26. The van der Waals surface area contributed by atoms with Gasteiger partial charge in [-0.15, -0.1) is 11.3 Å². The zero-order chi connectivity index (χ0) is 24.2. The number of fused-ring (bicyclic) bond motifs is 1. The quantitative estimate of drug-likeness (QED) is 0.451. The van der Waals surface area contributed by atoms with E-state index in [0.717, 1.165) is 23.5 Å². The summed E-state index contributed by atoms with van der Waals surface area (Å²) in [4.78, 5) is 59.3. The summed E-state index contributed by atoms with van der Waals surface area (Å²) in [6.45, 7) is 3.03. The summed E-state index contributed by atoms with van der Waals surface area (Å²) in [5.41, 5.74) is 0.927. The largest absolute Gasteiger partial charge is 0.345 e. The molecule has 1 saturated carbocycles. The molecule has 2 aliphatic rings. The Kier molecular flexibility index (Phi) is 7.54. The number of anilines is 1. The Balaban J connectivity index is 1.42. The van der Waals surface area contributed by atoms with E-state index in [-0.39, 0.29) is 23.4 Å². The fourth-order valence-electron chi connectivity index (χ4n) is 4.18. The minimum absolute atomic E-state index is 0.0337. The standard InChI is InChI=1S/C22H25ClN6O4S/c1-11(30)12-2-4-14(26-19(31)20(32)29-18-5-3-13(23)9-25-18)16(8-12)27-21(33)22-28-15-6-7-24-10-17(15)34-22/h3,5,9,12,14,16,24H,2,4,6-8,10H2,1H3,(H,26,31)(H,27,33)(H,25,29,32)/t12-,14-,16+/m0/s1. The molecule has 34 heavy (non-hydrogen) atoms. The van der Waals surface area contributed by atoms with Crippen LogP contribution in [0.4, 0.5) is 5.82 Å². The highest BCUT2D eigenvalue weighted by atomic mass is 35.5. The number of amides is 3. The number of pyridine rings is 1. The lowest BCUT2D eigenvalue weighted by Crippen LogP contribution is -2.56. The van der Waals surface area contributed by atoms with Crippen LogP contribution in [0, 0.1) is 5.92 Å². The van der Waals surface area contributed by atoms with E-state index in [9.17, 15) is 19.2 Å². The minimum atomic E-state index is -0.881. The molecule has 12 heteroatoms. The number of hydrogen-bond acceptors (Lipinski definition) is 8. The Hall–Kier alpha value is -2.89. The molecular weight excluding hydrogens is 480 g/mol. The molecule has 0 bridgehead atoms. The van der Waals surface area contributed by atoms with Crippen molar-refractivity contribution < 1.29 is 19.2 Å². The van der Waals surface area contributed by atoms with Crippen LogP contribution in [-0.4, -0.2) is 52.1 Å². The minimum Gasteiger partial charge on any atom is -0.345 e. The number of rotatable bonds is 5. The number of halogens is 1. The van der Waals surface area contributed by atoms with Crippen molar-refractivity contribution in [3.63, 3.8) is 0 Å². The molecule has 1 aliphatic carbocycles. The fraction of sp³-hybridized carbons (Fsp3) is 0.455. The Morgan fingerprint density at radius 1 is 1.12 bits per heavy atom. The Morgan fingerprint density at radius 3 is 2.65 bits per heavy atom. The number of carbonyl (C=O) groups excluding carboxylic acids is 4. The molecule has 0 radical (unpaired) electrons. The number of Topliss-reactive ketones (excluding diaryl/α,β-unsaturated/α-hetero) is 1. The van der Waals surface area contributed by atoms with E-state index in [1.807, 2.05) is 0 Å². The summed E-state index contributed by atoms with van der Waals surface area (Å²) >= 11 is 7.13. The van der Waals surface area contributed by atoms with Crippen molar-refractivity contribution in [2.45, 2.75) is 51.2 Å². The van der Waals surface area contributed by atoms with Crippen LogP contribution < -0.4 is 21.3 Å². The van der Waals surface area contributed by atoms with Crippen LogP contribution in [0.3, 0.4) is 0 Å². The number of aromatic nitrogens is 2. The zero-order valence-corrected chi connectivity index (χ0v) is 20.1. The van der Waals surface area contributed by atoms with E-state index < -0.39 is 23.9 Å². The lowest BCUT2D eigenvalue weighted by Gasteiger charge is -2.35. The lowest BCUT2D eigenvalue weighted by molar-refractivity contribution is -0.137. The molecule has 3 amide bonds. The molecule has 3 atom stereocenters. The second kappa shape index (κ2) is 10.6. The molecule has 3 heterocycles. The average molecular weight is 505 g/mol. The first-order valence-electron chi connectivity index (χ1n) is 11.0. The van der Waals surface area contributed by atoms with Crippen LogP contribution in [0.1, 0.15) is 46.6 Å². The predicted molar refractivity (Wildman–Crippen MR) is 127 cm³/mol. The summed E-state index contributed by atoms with van der Waals surface area (Å²) in [6.07, 6.45) is 3.51. The van der Waals surface area contributed by atoms with Gasteiger partial charge >= 0.3 is 11.8 Å². The monoisotopic (exact) mass is 504 g/mol. The molecule has 180 valence electrons. The normalized spacial score (nSPS) is 21.8. The molecule has 10 nitrogen and oxygen atoms in total. The van der Waals surface area contributed by atoms with Crippen LogP contribution in [-0.2, 0) is 27.3 Å². The molecule has 2 aromatic rings. The molecule has 4 rings (SSSR count). The van der Waals surface area contributed by atoms with Crippen LogP contribution in [0.15, 0.2) is 18.3 Å². The Labute approximate surface area is 205 Å². The van der Waals surface area contributed by atoms with E-state index in [4.69, 9.17) is 11.6 Å². The molecule has 1 fully saturated rings. The van der Waals surface area contributed by atoms with Crippen molar-refractivity contribution >= 4 is 52.3 Å². The van der Waals surface area contributed by atoms with Crippen LogP contribution in [0.2, 0.25) is 5.02 Å². The Morgan fingerprint density at radius 2 is 1.94 bits per heavy atom. The maximum absolute atomic E-state index is 13.0. The summed E-state index contributed by atoms with van der Waals surface area (Å²) < 4.78 is 0. The predicted octanol–water partition coefficient (Wildman–Crippen LogP) is 1.45. The molecule has 0 aromatic carbocycles. The SMILES string of the molecule is CC(=O)[C@H]1CC[C@H](NC(=O)C(=O)Nc2ccc(Cl)cn2)[C@H](NC(=O)c2nc3c(s2)CNCC3)C1. The first-order valence-corrected chi connectivity index (χ1v) is 12.2. The molecule has 2 aromatic heterocycles. The zero-order valence-electron chi connectivity index (χ0n) is 18.5. The topological polar surface area (TPSA) is 142 Å². The van der Waals surface area contributed by atoms with Gasteiger partial charge in [-0.3, -0.25) is 19.2 Å². The third kappa shape index (κ3) is 5.78. The third-order valence-electron chi connectivity index (χ3n) is 6.03. The van der Waals surface area contributed by atoms with Crippen molar-refractivity contribution in [1.82, 2.24) is 25.9 Å². The molecular formula is C22H25ClN6O4S. The summed E-state index contributed by atoms with van der Waals surface area (Å²) in [6, 6.07) is 2.01. The van der Waals surface area contributed by atoms with E-state index in [1.54, 1.807) is 6.07 Å². The first kappa shape index (κ1) is 24.2. The van der Waals surface area contributed by atoms with E-state index in [2.05, 4.69) is 31.2 Å². The van der Waals surface area contributed by atoms with Crippen molar-refractivity contribution in [2.24, 2.45) is 5.92 Å². The van der Waals surface area contributed by atoms with E-state index in [0.29, 0.717) is 35.8 Å². The summed E-state index contributed by atoms with van der Waals surface area (Å²) in [7, 11) is 0. The number of thiazole rings is 1. The van der Waals surface area contributed by atoms with Crippen molar-refractivity contribution in [3.05, 3.63) is 38.9 Å². The molecule has 1 aliphatic heterocycles. The number of nitrogens with zero attached hydrogens (tertiary/aromatic N) is 2. The van der Waals surface area contributed by atoms with Crippen LogP contribution >= 0.6 is 22.9 Å². The first-order chi connectivity index (χ1) is 16.3. The van der Waals surface area contributed by atoms with Crippen LogP contribution in [0.25, 0.3) is 0 Å². The number of carbonyl (C=O) groups is 4. The second-order valence-electron chi connectivity index (χ2n) is 8.41. The number of hydrogen-bond donors (Lipinski definition) is 4. The van der Waals surface area contributed by atoms with Gasteiger partial charge in [-0.05, 0) is 38.3 Å². The fourth-order valence-corrected chi connectivity index (χ4v) is 5.27. The molecule has 0 saturated heterocycles.